The first kappa shape index (κ1) is 20.2. The Morgan fingerprint density at radius 2 is 1.93 bits per heavy atom. The first-order valence-electron chi connectivity index (χ1n) is 10.4. The van der Waals surface area contributed by atoms with E-state index in [9.17, 15) is 4.79 Å². The molecule has 1 aliphatic heterocycles. The summed E-state index contributed by atoms with van der Waals surface area (Å²) in [5, 5.41) is 3.03. The lowest BCUT2D eigenvalue weighted by atomic mass is 10.1. The van der Waals surface area contributed by atoms with Crippen molar-refractivity contribution in [2.75, 3.05) is 19.6 Å². The van der Waals surface area contributed by atoms with Crippen LogP contribution in [-0.4, -0.2) is 35.4 Å². The zero-order valence-corrected chi connectivity index (χ0v) is 17.2. The number of hydrogen-bond acceptors (Lipinski definition) is 5. The van der Waals surface area contributed by atoms with Crippen molar-refractivity contribution in [3.8, 4) is 5.88 Å². The maximum atomic E-state index is 12.6. The topological polar surface area (TPSA) is 67.6 Å². The quantitative estimate of drug-likeness (QED) is 0.602. The molecule has 1 saturated heterocycles. The van der Waals surface area contributed by atoms with E-state index in [2.05, 4.69) is 15.2 Å². The van der Waals surface area contributed by atoms with Gasteiger partial charge in [0.1, 0.15) is 11.9 Å². The maximum Gasteiger partial charge on any atom is 0.252 e. The fourth-order valence-corrected chi connectivity index (χ4v) is 3.79. The highest BCUT2D eigenvalue weighted by molar-refractivity contribution is 5.93. The number of amides is 1. The normalized spacial score (nSPS) is 16.2. The van der Waals surface area contributed by atoms with Gasteiger partial charge in [-0.25, -0.2) is 4.98 Å². The van der Waals surface area contributed by atoms with Crippen LogP contribution in [0.15, 0.2) is 71.5 Å². The van der Waals surface area contributed by atoms with E-state index in [-0.39, 0.29) is 18.1 Å². The Morgan fingerprint density at radius 3 is 2.60 bits per heavy atom. The molecule has 0 unspecified atom stereocenters. The Kier molecular flexibility index (Phi) is 6.44. The van der Waals surface area contributed by atoms with E-state index in [0.29, 0.717) is 18.0 Å². The maximum absolute atomic E-state index is 12.6. The molecule has 1 amide bonds. The van der Waals surface area contributed by atoms with Crippen LogP contribution < -0.4 is 10.1 Å². The van der Waals surface area contributed by atoms with Crippen molar-refractivity contribution in [1.29, 1.82) is 0 Å². The summed E-state index contributed by atoms with van der Waals surface area (Å²) in [6, 6.07) is 17.4. The molecule has 0 bridgehead atoms. The molecule has 6 heteroatoms. The molecule has 0 radical (unpaired) electrons. The van der Waals surface area contributed by atoms with Gasteiger partial charge in [0.2, 0.25) is 5.88 Å². The molecule has 3 aromatic rings. The average molecular weight is 405 g/mol. The molecule has 30 heavy (non-hydrogen) atoms. The minimum absolute atomic E-state index is 0.0498. The van der Waals surface area contributed by atoms with Gasteiger partial charge in [-0.2, -0.15) is 0 Å². The Labute approximate surface area is 176 Å². The van der Waals surface area contributed by atoms with Crippen LogP contribution >= 0.6 is 0 Å². The number of pyridine rings is 1. The van der Waals surface area contributed by atoms with Crippen LogP contribution in [0.25, 0.3) is 0 Å². The zero-order chi connectivity index (χ0) is 20.8. The van der Waals surface area contributed by atoms with Gasteiger partial charge in [0.25, 0.3) is 5.91 Å². The molecule has 0 saturated carbocycles. The fraction of sp³-hybridized carbons (Fsp3) is 0.333. The first-order valence-corrected chi connectivity index (χ1v) is 10.4. The minimum atomic E-state index is -0.152. The lowest BCUT2D eigenvalue weighted by Crippen LogP contribution is -2.36. The minimum Gasteiger partial charge on any atom is -0.470 e. The molecule has 1 aliphatic rings. The van der Waals surface area contributed by atoms with Crippen molar-refractivity contribution < 1.29 is 13.9 Å². The number of hydrogen-bond donors (Lipinski definition) is 1. The van der Waals surface area contributed by atoms with E-state index >= 15 is 0 Å². The lowest BCUT2D eigenvalue weighted by Gasteiger charge is -2.26. The number of nitrogens with zero attached hydrogens (tertiary/aromatic N) is 2. The Hall–Kier alpha value is -3.12. The van der Waals surface area contributed by atoms with E-state index in [1.165, 1.54) is 12.8 Å². The number of nitrogens with one attached hydrogen (secondary N) is 1. The summed E-state index contributed by atoms with van der Waals surface area (Å²) in [6.45, 7) is 4.52. The van der Waals surface area contributed by atoms with Crippen LogP contribution in [0.3, 0.4) is 0 Å². The molecule has 4 rings (SSSR count). The van der Waals surface area contributed by atoms with Gasteiger partial charge in [0.15, 0.2) is 0 Å². The molecule has 6 nitrogen and oxygen atoms in total. The second kappa shape index (κ2) is 9.59. The molecular formula is C24H27N3O3. The molecule has 1 aromatic carbocycles. The van der Waals surface area contributed by atoms with Gasteiger partial charge in [-0.1, -0.05) is 30.3 Å². The molecule has 1 N–H and O–H groups in total. The molecule has 156 valence electrons. The van der Waals surface area contributed by atoms with E-state index in [0.717, 1.165) is 24.4 Å². The summed E-state index contributed by atoms with van der Waals surface area (Å²) < 4.78 is 11.5. The molecule has 0 aliphatic carbocycles. The third-order valence-electron chi connectivity index (χ3n) is 5.47. The van der Waals surface area contributed by atoms with E-state index in [4.69, 9.17) is 9.15 Å². The van der Waals surface area contributed by atoms with Crippen molar-refractivity contribution in [3.05, 3.63) is 83.9 Å². The number of ether oxygens (including phenoxy) is 1. The van der Waals surface area contributed by atoms with Gasteiger partial charge in [-0.15, -0.1) is 0 Å². The SMILES string of the molecule is C[C@@H](Oc1ccc(C(=O)NC[C@@H](c2ccco2)N2CCCC2)cn1)c1ccccc1. The van der Waals surface area contributed by atoms with E-state index in [1.807, 2.05) is 49.4 Å². The van der Waals surface area contributed by atoms with Crippen molar-refractivity contribution in [2.45, 2.75) is 31.9 Å². The average Bonchev–Trinajstić information content (AvgIpc) is 3.50. The van der Waals surface area contributed by atoms with Gasteiger partial charge in [0, 0.05) is 18.8 Å². The van der Waals surface area contributed by atoms with Gasteiger partial charge in [0.05, 0.1) is 17.9 Å². The summed E-state index contributed by atoms with van der Waals surface area (Å²) in [5.41, 5.74) is 1.58. The van der Waals surface area contributed by atoms with Gasteiger partial charge in [-0.05, 0) is 56.6 Å². The molecule has 1 fully saturated rings. The zero-order valence-electron chi connectivity index (χ0n) is 17.2. The molecule has 2 aromatic heterocycles. The Bertz CT molecular complexity index is 920. The summed E-state index contributed by atoms with van der Waals surface area (Å²) in [4.78, 5) is 19.3. The predicted molar refractivity (Wildman–Crippen MR) is 114 cm³/mol. The number of furan rings is 1. The van der Waals surface area contributed by atoms with Crippen LogP contribution in [0.5, 0.6) is 5.88 Å². The number of carbonyl (C=O) groups excluding carboxylic acids is 1. The first-order chi connectivity index (χ1) is 14.7. The van der Waals surface area contributed by atoms with Crippen LogP contribution in [0.1, 0.15) is 53.6 Å². The summed E-state index contributed by atoms with van der Waals surface area (Å²) in [5.74, 6) is 1.23. The predicted octanol–water partition coefficient (Wildman–Crippen LogP) is 4.38. The monoisotopic (exact) mass is 405 g/mol. The number of aromatic nitrogens is 1. The largest absolute Gasteiger partial charge is 0.470 e. The Morgan fingerprint density at radius 1 is 1.13 bits per heavy atom. The highest BCUT2D eigenvalue weighted by Crippen LogP contribution is 2.25. The second-order valence-corrected chi connectivity index (χ2v) is 7.54. The number of carbonyl (C=O) groups is 1. The van der Waals surface area contributed by atoms with Crippen molar-refractivity contribution in [1.82, 2.24) is 15.2 Å². The number of benzene rings is 1. The van der Waals surface area contributed by atoms with Gasteiger partial charge >= 0.3 is 0 Å². The summed E-state index contributed by atoms with van der Waals surface area (Å²) in [6.07, 6.45) is 5.47. The second-order valence-electron chi connectivity index (χ2n) is 7.54. The van der Waals surface area contributed by atoms with Crippen molar-refractivity contribution in [2.24, 2.45) is 0 Å². The number of likely N-dealkylation sites (tertiary alicyclic amines) is 1. The summed E-state index contributed by atoms with van der Waals surface area (Å²) in [7, 11) is 0. The third kappa shape index (κ3) is 4.89. The van der Waals surface area contributed by atoms with Crippen LogP contribution in [0, 0.1) is 0 Å². The van der Waals surface area contributed by atoms with Crippen LogP contribution in [0.2, 0.25) is 0 Å². The van der Waals surface area contributed by atoms with Crippen molar-refractivity contribution >= 4 is 5.91 Å². The third-order valence-corrected chi connectivity index (χ3v) is 5.47. The number of rotatable bonds is 8. The smallest absolute Gasteiger partial charge is 0.252 e. The lowest BCUT2D eigenvalue weighted by molar-refractivity contribution is 0.0933. The molecular weight excluding hydrogens is 378 g/mol. The molecule has 3 heterocycles. The highest BCUT2D eigenvalue weighted by Gasteiger charge is 2.26. The Balaban J connectivity index is 1.35. The van der Waals surface area contributed by atoms with Crippen molar-refractivity contribution in [3.63, 3.8) is 0 Å². The van der Waals surface area contributed by atoms with Gasteiger partial charge in [-0.3, -0.25) is 9.69 Å². The summed E-state index contributed by atoms with van der Waals surface area (Å²) >= 11 is 0. The highest BCUT2D eigenvalue weighted by atomic mass is 16.5. The fourth-order valence-electron chi connectivity index (χ4n) is 3.79. The van der Waals surface area contributed by atoms with E-state index < -0.39 is 0 Å². The van der Waals surface area contributed by atoms with Gasteiger partial charge < -0.3 is 14.5 Å². The standard InChI is InChI=1S/C24H27N3O3/c1-18(19-8-3-2-4-9-19)30-23-12-11-20(16-25-23)24(28)26-17-21(22-10-7-15-29-22)27-13-5-6-14-27/h2-4,7-12,15-16,18,21H,5-6,13-14,17H2,1H3,(H,26,28)/t18-,21+/m1/s1. The molecule has 2 atom stereocenters. The van der Waals surface area contributed by atoms with E-state index in [1.54, 1.807) is 24.6 Å². The van der Waals surface area contributed by atoms with Crippen LogP contribution in [0.4, 0.5) is 0 Å². The molecule has 0 spiro atoms. The van der Waals surface area contributed by atoms with Crippen LogP contribution in [-0.2, 0) is 0 Å².